The largest absolute Gasteiger partial charge is 0.480 e. The Morgan fingerprint density at radius 2 is 1.54 bits per heavy atom. The molecule has 298 valence electrons. The second-order valence-corrected chi connectivity index (χ2v) is 14.7. The topological polar surface area (TPSA) is 201 Å². The van der Waals surface area contributed by atoms with Gasteiger partial charge in [0, 0.05) is 53.7 Å². The van der Waals surface area contributed by atoms with E-state index in [9.17, 15) is 37.5 Å². The van der Waals surface area contributed by atoms with E-state index >= 15 is 0 Å². The van der Waals surface area contributed by atoms with Crippen LogP contribution in [0.2, 0.25) is 5.02 Å². The summed E-state index contributed by atoms with van der Waals surface area (Å²) >= 11 is 6.03. The number of amides is 1. The van der Waals surface area contributed by atoms with Crippen LogP contribution in [0, 0.1) is 5.41 Å². The lowest BCUT2D eigenvalue weighted by atomic mass is 10.1. The van der Waals surface area contributed by atoms with Gasteiger partial charge in [-0.2, -0.15) is 28.1 Å². The van der Waals surface area contributed by atoms with Crippen LogP contribution < -0.4 is 42.2 Å². The molecule has 0 saturated heterocycles. The highest BCUT2D eigenvalue weighted by atomic mass is 35.5. The van der Waals surface area contributed by atoms with Crippen LogP contribution in [0.1, 0.15) is 48.0 Å². The Labute approximate surface area is 327 Å². The average Bonchev–Trinajstić information content (AvgIpc) is 4.08. The van der Waals surface area contributed by atoms with Crippen LogP contribution in [0.5, 0.6) is 6.01 Å². The Morgan fingerprint density at radius 1 is 0.895 bits per heavy atom. The normalized spacial score (nSPS) is 15.6. The molecule has 0 aliphatic heterocycles. The zero-order chi connectivity index (χ0) is 40.4. The summed E-state index contributed by atoms with van der Waals surface area (Å²) in [7, 11) is 0. The summed E-state index contributed by atoms with van der Waals surface area (Å²) in [6.07, 6.45) is 2.56. The van der Waals surface area contributed by atoms with E-state index in [-0.39, 0.29) is 47.2 Å². The molecule has 6 N–H and O–H groups in total. The number of halogens is 4. The van der Waals surface area contributed by atoms with E-state index in [1.165, 1.54) is 24.3 Å². The zero-order valence-electron chi connectivity index (χ0n) is 30.2. The van der Waals surface area contributed by atoms with Gasteiger partial charge in [0.1, 0.15) is 17.4 Å². The van der Waals surface area contributed by atoms with Gasteiger partial charge in [0.15, 0.2) is 6.61 Å². The molecule has 2 aliphatic rings. The molecule has 3 aromatic carbocycles. The van der Waals surface area contributed by atoms with E-state index in [2.05, 4.69) is 46.1 Å². The third kappa shape index (κ3) is 9.62. The Morgan fingerprint density at radius 3 is 2.16 bits per heavy atom. The standard InChI is InChI=1S/C38H37ClF3N9O6/c39-24-7-5-23(6-8-24)37(14-15-37)50-34-47-33(48-35(49-34)57-21-38(40,41)42)45-25-9-3-22(4-10-25)31(54)46-26(32(55)56)11-16-43-27-28(30(53)29(27)52)44-19-36(12-13-36)20-51-17-1-2-18-51/h1-10,17-18,26,43-44H,11-16,19-21H2,(H,46,54)(H,55,56)(H2,45,47,48,49,50)/t26-/m0/s1. The molecule has 15 nitrogen and oxygen atoms in total. The van der Waals surface area contributed by atoms with Gasteiger partial charge in [0.25, 0.3) is 16.8 Å². The lowest BCUT2D eigenvalue weighted by Gasteiger charge is -2.21. The highest BCUT2D eigenvalue weighted by molar-refractivity contribution is 6.30. The van der Waals surface area contributed by atoms with Gasteiger partial charge in [-0.1, -0.05) is 23.7 Å². The number of benzene rings is 2. The maximum Gasteiger partial charge on any atom is 0.422 e. The quantitative estimate of drug-likeness (QED) is 0.0589. The van der Waals surface area contributed by atoms with Gasteiger partial charge in [-0.3, -0.25) is 14.4 Å². The number of alkyl halides is 3. The summed E-state index contributed by atoms with van der Waals surface area (Å²) in [6, 6.07) is 14.8. The molecule has 0 radical (unpaired) electrons. The molecule has 7 rings (SSSR count). The van der Waals surface area contributed by atoms with Crippen molar-refractivity contribution in [3.63, 3.8) is 0 Å². The van der Waals surface area contributed by atoms with E-state index in [1.54, 1.807) is 12.1 Å². The second-order valence-electron chi connectivity index (χ2n) is 14.3. The summed E-state index contributed by atoms with van der Waals surface area (Å²) < 4.78 is 45.8. The molecule has 2 aliphatic carbocycles. The van der Waals surface area contributed by atoms with Crippen LogP contribution in [-0.4, -0.2) is 68.4 Å². The zero-order valence-corrected chi connectivity index (χ0v) is 30.9. The number of carboxylic acid groups (broad SMARTS) is 1. The van der Waals surface area contributed by atoms with Gasteiger partial charge in [0.2, 0.25) is 11.9 Å². The predicted molar refractivity (Wildman–Crippen MR) is 205 cm³/mol. The number of aromatic nitrogens is 4. The lowest BCUT2D eigenvalue weighted by Crippen LogP contribution is -2.43. The van der Waals surface area contributed by atoms with E-state index in [0.29, 0.717) is 30.1 Å². The molecule has 0 unspecified atom stereocenters. The number of aliphatic carboxylic acids is 1. The Bertz CT molecular complexity index is 2310. The molecule has 57 heavy (non-hydrogen) atoms. The highest BCUT2D eigenvalue weighted by Gasteiger charge is 2.45. The van der Waals surface area contributed by atoms with Crippen molar-refractivity contribution in [2.75, 3.05) is 41.0 Å². The van der Waals surface area contributed by atoms with Crippen molar-refractivity contribution in [2.45, 2.75) is 56.4 Å². The molecule has 2 fully saturated rings. The number of nitrogens with zero attached hydrogens (tertiary/aromatic N) is 4. The summed E-state index contributed by atoms with van der Waals surface area (Å²) in [6.45, 7) is -0.366. The molecule has 0 bridgehead atoms. The van der Waals surface area contributed by atoms with Gasteiger partial charge in [-0.05, 0) is 86.2 Å². The molecule has 1 atom stereocenters. The van der Waals surface area contributed by atoms with E-state index < -0.39 is 53.1 Å². The first kappa shape index (κ1) is 39.1. The SMILES string of the molecule is O=C(N[C@@H](CCNc1c(NCC2(Cn3cccc3)CC2)c(=O)c1=O)C(=O)O)c1ccc(Nc2nc(NC3(c4ccc(Cl)cc4)CC3)nc(OCC(F)(F)F)n2)cc1. The van der Waals surface area contributed by atoms with Crippen molar-refractivity contribution < 1.29 is 32.6 Å². The van der Waals surface area contributed by atoms with Crippen LogP contribution >= 0.6 is 11.6 Å². The summed E-state index contributed by atoms with van der Waals surface area (Å²) in [4.78, 5) is 62.1. The van der Waals surface area contributed by atoms with Gasteiger partial charge in [-0.25, -0.2) is 4.79 Å². The minimum absolute atomic E-state index is 0.0205. The second kappa shape index (κ2) is 15.8. The smallest absolute Gasteiger partial charge is 0.422 e. The summed E-state index contributed by atoms with van der Waals surface area (Å²) in [5.41, 5.74) is -0.320. The van der Waals surface area contributed by atoms with Crippen molar-refractivity contribution in [3.05, 3.63) is 110 Å². The van der Waals surface area contributed by atoms with Crippen LogP contribution in [0.25, 0.3) is 0 Å². The lowest BCUT2D eigenvalue weighted by molar-refractivity contribution is -0.154. The van der Waals surface area contributed by atoms with Crippen LogP contribution in [0.4, 0.5) is 42.1 Å². The number of anilines is 5. The third-order valence-corrected chi connectivity index (χ3v) is 10.2. The van der Waals surface area contributed by atoms with Gasteiger partial charge in [-0.15, -0.1) is 0 Å². The Hall–Kier alpha value is -6.17. The maximum absolute atomic E-state index is 13.1. The third-order valence-electron chi connectivity index (χ3n) is 9.91. The first-order chi connectivity index (χ1) is 27.2. The monoisotopic (exact) mass is 807 g/mol. The predicted octanol–water partition coefficient (Wildman–Crippen LogP) is 5.29. The van der Waals surface area contributed by atoms with E-state index in [4.69, 9.17) is 16.3 Å². The molecular formula is C38H37ClF3N9O6. The minimum atomic E-state index is -4.64. The van der Waals surface area contributed by atoms with Crippen molar-refractivity contribution >= 4 is 52.4 Å². The van der Waals surface area contributed by atoms with Crippen LogP contribution in [-0.2, 0) is 16.9 Å². The molecule has 2 heterocycles. The van der Waals surface area contributed by atoms with Crippen LogP contribution in [0.15, 0.2) is 82.6 Å². The van der Waals surface area contributed by atoms with Crippen molar-refractivity contribution in [1.82, 2.24) is 24.8 Å². The first-order valence-corrected chi connectivity index (χ1v) is 18.4. The first-order valence-electron chi connectivity index (χ1n) is 18.0. The summed E-state index contributed by atoms with van der Waals surface area (Å²) in [5, 5.41) is 24.9. The molecular weight excluding hydrogens is 771 g/mol. The molecule has 2 aromatic heterocycles. The van der Waals surface area contributed by atoms with Crippen molar-refractivity contribution in [3.8, 4) is 6.01 Å². The fourth-order valence-electron chi connectivity index (χ4n) is 6.38. The average molecular weight is 808 g/mol. The molecule has 2 saturated carbocycles. The molecule has 5 aromatic rings. The van der Waals surface area contributed by atoms with E-state index in [1.807, 2.05) is 36.7 Å². The van der Waals surface area contributed by atoms with Crippen molar-refractivity contribution in [2.24, 2.45) is 5.41 Å². The Kier molecular flexibility index (Phi) is 10.8. The van der Waals surface area contributed by atoms with Gasteiger partial charge >= 0.3 is 18.2 Å². The number of nitrogens with one attached hydrogen (secondary N) is 5. The fraction of sp³-hybridized carbons (Fsp3) is 0.342. The van der Waals surface area contributed by atoms with Crippen LogP contribution in [0.3, 0.4) is 0 Å². The Balaban J connectivity index is 0.950. The highest BCUT2D eigenvalue weighted by Crippen LogP contribution is 2.48. The molecule has 19 heteroatoms. The fourth-order valence-corrected chi connectivity index (χ4v) is 6.51. The van der Waals surface area contributed by atoms with E-state index in [0.717, 1.165) is 24.9 Å². The number of carbonyl (C=O) groups is 2. The number of rotatable bonds is 19. The number of hydrogen-bond acceptors (Lipinski definition) is 12. The number of ether oxygens (including phenoxy) is 1. The van der Waals surface area contributed by atoms with Crippen molar-refractivity contribution in [1.29, 1.82) is 0 Å². The molecule has 0 spiro atoms. The van der Waals surface area contributed by atoms with Gasteiger partial charge in [0.05, 0.1) is 5.54 Å². The minimum Gasteiger partial charge on any atom is -0.480 e. The number of hydrogen-bond donors (Lipinski definition) is 6. The molecule has 1 amide bonds. The number of carboxylic acids is 1. The van der Waals surface area contributed by atoms with Gasteiger partial charge < -0.3 is 41.0 Å². The number of carbonyl (C=O) groups excluding carboxylic acids is 1. The maximum atomic E-state index is 13.1. The summed E-state index contributed by atoms with van der Waals surface area (Å²) in [5.74, 6) is -2.18.